The third-order valence-electron chi connectivity index (χ3n) is 5.35. The van der Waals surface area contributed by atoms with Crippen LogP contribution >= 0.6 is 11.8 Å². The van der Waals surface area contributed by atoms with Gasteiger partial charge >= 0.3 is 5.56 Å². The van der Waals surface area contributed by atoms with Crippen LogP contribution in [0.5, 0.6) is 17.2 Å². The number of nitrogens with zero attached hydrogens (tertiary/aromatic N) is 4. The van der Waals surface area contributed by atoms with Gasteiger partial charge in [-0.3, -0.25) is 18.6 Å². The maximum absolute atomic E-state index is 13.1. The third-order valence-corrected chi connectivity index (χ3v) is 6.67. The second-order valence-corrected chi connectivity index (χ2v) is 8.59. The zero-order chi connectivity index (χ0) is 24.9. The molecule has 4 rings (SSSR count). The molecule has 1 amide bonds. The van der Waals surface area contributed by atoms with Gasteiger partial charge in [-0.2, -0.15) is 0 Å². The lowest BCUT2D eigenvalue weighted by Crippen LogP contribution is -2.25. The van der Waals surface area contributed by atoms with Crippen molar-refractivity contribution in [1.29, 1.82) is 0 Å². The molecule has 0 aliphatic carbocycles. The predicted octanol–water partition coefficient (Wildman–Crippen LogP) is 3.42. The molecule has 35 heavy (non-hydrogen) atoms. The molecule has 182 valence electrons. The van der Waals surface area contributed by atoms with E-state index in [-0.39, 0.29) is 17.1 Å². The predicted molar refractivity (Wildman–Crippen MR) is 133 cm³/mol. The summed E-state index contributed by atoms with van der Waals surface area (Å²) in [6.07, 6.45) is 3.87. The first-order valence-corrected chi connectivity index (χ1v) is 11.7. The van der Waals surface area contributed by atoms with Crippen LogP contribution in [0.1, 0.15) is 13.3 Å². The summed E-state index contributed by atoms with van der Waals surface area (Å²) in [5.74, 6) is 1.52. The number of fused-ring (bicyclic) bond motifs is 1. The van der Waals surface area contributed by atoms with Crippen molar-refractivity contribution in [2.45, 2.75) is 23.8 Å². The smallest absolute Gasteiger partial charge is 0.300 e. The van der Waals surface area contributed by atoms with E-state index in [0.717, 1.165) is 0 Å². The fourth-order valence-corrected chi connectivity index (χ4v) is 4.42. The SMILES string of the molecule is CC[C@H](Sc1nnc2c(=O)n(-c3cccc(OC)c3)ccn12)C(=O)Nc1cc(OC)ccc1OC. The van der Waals surface area contributed by atoms with Crippen LogP contribution in [0.25, 0.3) is 11.3 Å². The number of hydrogen-bond donors (Lipinski definition) is 1. The molecule has 0 aliphatic heterocycles. The van der Waals surface area contributed by atoms with Crippen LogP contribution in [0.2, 0.25) is 0 Å². The average molecular weight is 496 g/mol. The molecule has 4 aromatic rings. The van der Waals surface area contributed by atoms with Gasteiger partial charge in [0.25, 0.3) is 0 Å². The summed E-state index contributed by atoms with van der Waals surface area (Å²) in [6.45, 7) is 1.90. The number of anilines is 1. The summed E-state index contributed by atoms with van der Waals surface area (Å²) in [5, 5.41) is 11.1. The maximum atomic E-state index is 13.1. The highest BCUT2D eigenvalue weighted by Gasteiger charge is 2.23. The van der Waals surface area contributed by atoms with Gasteiger partial charge in [0.2, 0.25) is 11.6 Å². The number of ether oxygens (including phenoxy) is 3. The molecule has 0 bridgehead atoms. The normalized spacial score (nSPS) is 11.8. The molecule has 0 spiro atoms. The van der Waals surface area contributed by atoms with Gasteiger partial charge in [-0.15, -0.1) is 10.2 Å². The number of aromatic nitrogens is 4. The first-order valence-electron chi connectivity index (χ1n) is 10.8. The Morgan fingerprint density at radius 3 is 2.51 bits per heavy atom. The van der Waals surface area contributed by atoms with Gasteiger partial charge in [-0.25, -0.2) is 0 Å². The van der Waals surface area contributed by atoms with Crippen LogP contribution in [-0.4, -0.2) is 51.7 Å². The lowest BCUT2D eigenvalue weighted by Gasteiger charge is -2.16. The summed E-state index contributed by atoms with van der Waals surface area (Å²) in [5.41, 5.74) is 0.969. The van der Waals surface area contributed by atoms with Crippen molar-refractivity contribution < 1.29 is 19.0 Å². The minimum Gasteiger partial charge on any atom is -0.497 e. The molecular formula is C24H25N5O5S. The van der Waals surface area contributed by atoms with E-state index in [9.17, 15) is 9.59 Å². The monoisotopic (exact) mass is 495 g/mol. The molecule has 2 aromatic carbocycles. The topological polar surface area (TPSA) is 109 Å². The molecule has 0 saturated carbocycles. The number of amides is 1. The van der Waals surface area contributed by atoms with Gasteiger partial charge in [-0.1, -0.05) is 24.8 Å². The second-order valence-electron chi connectivity index (χ2n) is 7.42. The first-order chi connectivity index (χ1) is 17.0. The Balaban J connectivity index is 1.59. The number of thioether (sulfide) groups is 1. The van der Waals surface area contributed by atoms with E-state index in [1.54, 1.807) is 73.5 Å². The van der Waals surface area contributed by atoms with Gasteiger partial charge < -0.3 is 19.5 Å². The Morgan fingerprint density at radius 2 is 1.80 bits per heavy atom. The van der Waals surface area contributed by atoms with Gasteiger partial charge in [0, 0.05) is 24.5 Å². The van der Waals surface area contributed by atoms with Gasteiger partial charge in [0.05, 0.1) is 38.0 Å². The fraction of sp³-hybridized carbons (Fsp3) is 0.250. The summed E-state index contributed by atoms with van der Waals surface area (Å²) >= 11 is 1.23. The van der Waals surface area contributed by atoms with Crippen molar-refractivity contribution >= 4 is 29.0 Å². The Labute approximate surface area is 205 Å². The van der Waals surface area contributed by atoms with E-state index < -0.39 is 5.25 Å². The zero-order valence-electron chi connectivity index (χ0n) is 19.7. The van der Waals surface area contributed by atoms with E-state index in [4.69, 9.17) is 14.2 Å². The lowest BCUT2D eigenvalue weighted by molar-refractivity contribution is -0.115. The summed E-state index contributed by atoms with van der Waals surface area (Å²) in [4.78, 5) is 26.2. The highest BCUT2D eigenvalue weighted by Crippen LogP contribution is 2.31. The summed E-state index contributed by atoms with van der Waals surface area (Å²) < 4.78 is 18.9. The molecule has 2 heterocycles. The van der Waals surface area contributed by atoms with Crippen LogP contribution in [0.3, 0.4) is 0 Å². The Hall–Kier alpha value is -3.99. The zero-order valence-corrected chi connectivity index (χ0v) is 20.5. The fourth-order valence-electron chi connectivity index (χ4n) is 3.48. The average Bonchev–Trinajstić information content (AvgIpc) is 3.30. The standard InChI is InChI=1S/C24H25N5O5S/c1-5-20(22(30)25-18-14-17(33-3)9-10-19(18)34-4)35-24-27-26-21-23(31)28(11-12-29(21)24)15-7-6-8-16(13-15)32-2/h6-14,20H,5H2,1-4H3,(H,25,30)/t20-/m0/s1. The van der Waals surface area contributed by atoms with Crippen LogP contribution < -0.4 is 25.1 Å². The quantitative estimate of drug-likeness (QED) is 0.352. The molecule has 0 radical (unpaired) electrons. The molecule has 0 unspecified atom stereocenters. The number of benzene rings is 2. The van der Waals surface area contributed by atoms with Crippen LogP contribution in [-0.2, 0) is 4.79 Å². The minimum atomic E-state index is -0.487. The van der Waals surface area contributed by atoms with Crippen LogP contribution in [0, 0.1) is 0 Å². The number of hydrogen-bond acceptors (Lipinski definition) is 8. The highest BCUT2D eigenvalue weighted by molar-refractivity contribution is 8.00. The number of rotatable bonds is 9. The molecule has 0 saturated heterocycles. The minimum absolute atomic E-state index is 0.155. The summed E-state index contributed by atoms with van der Waals surface area (Å²) in [6, 6.07) is 12.3. The second kappa shape index (κ2) is 10.5. The molecule has 1 N–H and O–H groups in total. The Bertz CT molecular complexity index is 1420. The van der Waals surface area contributed by atoms with Crippen molar-refractivity contribution in [2.75, 3.05) is 26.6 Å². The number of nitrogens with one attached hydrogen (secondary N) is 1. The van der Waals surface area contributed by atoms with Crippen LogP contribution in [0.15, 0.2) is 64.8 Å². The number of carbonyl (C=O) groups excluding carboxylic acids is 1. The third kappa shape index (κ3) is 4.94. The van der Waals surface area contributed by atoms with Gasteiger partial charge in [0.15, 0.2) is 5.16 Å². The van der Waals surface area contributed by atoms with Crippen molar-refractivity contribution in [1.82, 2.24) is 19.2 Å². The van der Waals surface area contributed by atoms with E-state index in [1.165, 1.54) is 23.4 Å². The molecule has 1 atom stereocenters. The lowest BCUT2D eigenvalue weighted by atomic mass is 10.2. The molecular weight excluding hydrogens is 470 g/mol. The number of carbonyl (C=O) groups is 1. The first kappa shape index (κ1) is 24.1. The molecule has 2 aromatic heterocycles. The maximum Gasteiger partial charge on any atom is 0.300 e. The van der Waals surface area contributed by atoms with E-state index in [0.29, 0.717) is 40.2 Å². The van der Waals surface area contributed by atoms with Crippen molar-refractivity contribution in [3.63, 3.8) is 0 Å². The van der Waals surface area contributed by atoms with Crippen molar-refractivity contribution in [2.24, 2.45) is 0 Å². The van der Waals surface area contributed by atoms with E-state index in [1.807, 2.05) is 6.92 Å². The largest absolute Gasteiger partial charge is 0.497 e. The van der Waals surface area contributed by atoms with Gasteiger partial charge in [-0.05, 0) is 30.7 Å². The van der Waals surface area contributed by atoms with E-state index >= 15 is 0 Å². The molecule has 0 fully saturated rings. The molecule has 10 nitrogen and oxygen atoms in total. The Kier molecular flexibility index (Phi) is 7.25. The van der Waals surface area contributed by atoms with Gasteiger partial charge in [0.1, 0.15) is 17.2 Å². The van der Waals surface area contributed by atoms with E-state index in [2.05, 4.69) is 15.5 Å². The van der Waals surface area contributed by atoms with Crippen molar-refractivity contribution in [3.05, 3.63) is 65.2 Å². The van der Waals surface area contributed by atoms with Crippen molar-refractivity contribution in [3.8, 4) is 22.9 Å². The Morgan fingerprint density at radius 1 is 1.03 bits per heavy atom. The highest BCUT2D eigenvalue weighted by atomic mass is 32.2. The van der Waals surface area contributed by atoms with Crippen LogP contribution in [0.4, 0.5) is 5.69 Å². The summed E-state index contributed by atoms with van der Waals surface area (Å²) in [7, 11) is 4.65. The number of methoxy groups -OCH3 is 3. The molecule has 0 aliphatic rings. The molecule has 11 heteroatoms.